The second kappa shape index (κ2) is 4.75. The van der Waals surface area contributed by atoms with Gasteiger partial charge in [-0.1, -0.05) is 0 Å². The van der Waals surface area contributed by atoms with Gasteiger partial charge in [-0.15, -0.1) is 11.3 Å². The van der Waals surface area contributed by atoms with Gasteiger partial charge in [-0.25, -0.2) is 0 Å². The van der Waals surface area contributed by atoms with Crippen LogP contribution in [0.15, 0.2) is 15.9 Å². The topological polar surface area (TPSA) is 32.3 Å². The predicted octanol–water partition coefficient (Wildman–Crippen LogP) is 3.07. The van der Waals surface area contributed by atoms with E-state index in [1.165, 1.54) is 18.0 Å². The number of nitrogens with one attached hydrogen (secondary N) is 1. The number of alkyl halides is 3. The molecule has 1 saturated heterocycles. The maximum atomic E-state index is 13.5. The van der Waals surface area contributed by atoms with Crippen LogP contribution in [0.1, 0.15) is 18.2 Å². The summed E-state index contributed by atoms with van der Waals surface area (Å²) in [6.45, 7) is 1.54. The van der Waals surface area contributed by atoms with Gasteiger partial charge in [0, 0.05) is 21.8 Å². The summed E-state index contributed by atoms with van der Waals surface area (Å²) in [4.78, 5) is 13.2. The predicted molar refractivity (Wildman–Crippen MR) is 69.7 cm³/mol. The fourth-order valence-corrected chi connectivity index (χ4v) is 3.70. The van der Waals surface area contributed by atoms with Crippen LogP contribution in [0.3, 0.4) is 0 Å². The molecule has 1 aliphatic rings. The summed E-state index contributed by atoms with van der Waals surface area (Å²) >= 11 is 4.14. The Labute approximate surface area is 120 Å². The van der Waals surface area contributed by atoms with E-state index in [0.717, 1.165) is 11.3 Å². The lowest BCUT2D eigenvalue weighted by atomic mass is 9.89. The minimum absolute atomic E-state index is 0.0974. The molecule has 1 aliphatic heterocycles. The molecule has 1 N–H and O–H groups in total. The molecule has 106 valence electrons. The van der Waals surface area contributed by atoms with Crippen LogP contribution < -0.4 is 5.32 Å². The van der Waals surface area contributed by atoms with E-state index < -0.39 is 30.2 Å². The highest BCUT2D eigenvalue weighted by molar-refractivity contribution is 9.10. The van der Waals surface area contributed by atoms with Crippen molar-refractivity contribution in [3.63, 3.8) is 0 Å². The van der Waals surface area contributed by atoms with E-state index in [9.17, 15) is 18.0 Å². The summed E-state index contributed by atoms with van der Waals surface area (Å²) in [5.74, 6) is -0.520. The number of hydrogen-bond acceptors (Lipinski definition) is 3. The summed E-state index contributed by atoms with van der Waals surface area (Å²) in [6.07, 6.45) is -5.84. The van der Waals surface area contributed by atoms with Gasteiger partial charge in [0.2, 0.25) is 5.91 Å². The molecule has 0 bridgehead atoms. The number of rotatable bonds is 1. The van der Waals surface area contributed by atoms with Crippen LogP contribution >= 0.6 is 27.3 Å². The summed E-state index contributed by atoms with van der Waals surface area (Å²) in [5.41, 5.74) is -2.30. The summed E-state index contributed by atoms with van der Waals surface area (Å²) < 4.78 is 41.2. The molecule has 1 fully saturated rings. The molecule has 8 heteroatoms. The molecule has 2 rings (SSSR count). The van der Waals surface area contributed by atoms with E-state index in [4.69, 9.17) is 0 Å². The molecule has 19 heavy (non-hydrogen) atoms. The van der Waals surface area contributed by atoms with Gasteiger partial charge in [0.1, 0.15) is 0 Å². The average molecular weight is 357 g/mol. The second-order valence-electron chi connectivity index (χ2n) is 4.53. The van der Waals surface area contributed by atoms with Crippen molar-refractivity contribution in [2.45, 2.75) is 31.2 Å². The van der Waals surface area contributed by atoms with E-state index in [1.54, 1.807) is 12.3 Å². The van der Waals surface area contributed by atoms with Crippen LogP contribution in [0.25, 0.3) is 0 Å². The molecule has 1 aromatic rings. The highest BCUT2D eigenvalue weighted by atomic mass is 79.9. The molecule has 0 aromatic carbocycles. The lowest BCUT2D eigenvalue weighted by molar-refractivity contribution is -0.217. The zero-order chi connectivity index (χ0) is 14.4. The molecule has 1 aromatic heterocycles. The van der Waals surface area contributed by atoms with Crippen molar-refractivity contribution in [3.8, 4) is 0 Å². The molecule has 0 spiro atoms. The van der Waals surface area contributed by atoms with E-state index in [1.807, 2.05) is 0 Å². The Morgan fingerprint density at radius 3 is 2.63 bits per heavy atom. The molecule has 1 amide bonds. The SMILES string of the molecule is CC1N[C@@](c2cc(Br)cs2)(C(F)(F)F)CC(=O)N1C. The molecular weight excluding hydrogens is 345 g/mol. The Hall–Kier alpha value is -0.600. The minimum Gasteiger partial charge on any atom is -0.330 e. The number of carbonyl (C=O) groups excluding carboxylic acids is 1. The number of carbonyl (C=O) groups is 1. The van der Waals surface area contributed by atoms with Gasteiger partial charge < -0.3 is 4.90 Å². The number of nitrogens with zero attached hydrogens (tertiary/aromatic N) is 1. The zero-order valence-electron chi connectivity index (χ0n) is 10.2. The fourth-order valence-electron chi connectivity index (χ4n) is 2.09. The number of halogens is 4. The highest BCUT2D eigenvalue weighted by Gasteiger charge is 2.60. The Bertz CT molecular complexity index is 504. The molecule has 0 aliphatic carbocycles. The monoisotopic (exact) mass is 356 g/mol. The van der Waals surface area contributed by atoms with Gasteiger partial charge in [0.05, 0.1) is 12.6 Å². The molecule has 3 nitrogen and oxygen atoms in total. The number of hydrogen-bond donors (Lipinski definition) is 1. The third-order valence-electron chi connectivity index (χ3n) is 3.32. The molecule has 1 unspecified atom stereocenters. The average Bonchev–Trinajstić information content (AvgIpc) is 2.70. The minimum atomic E-state index is -4.54. The third-order valence-corrected chi connectivity index (χ3v) is 5.17. The summed E-state index contributed by atoms with van der Waals surface area (Å²) in [7, 11) is 1.49. The van der Waals surface area contributed by atoms with Crippen molar-refractivity contribution in [1.82, 2.24) is 10.2 Å². The van der Waals surface area contributed by atoms with Gasteiger partial charge in [-0.05, 0) is 28.9 Å². The second-order valence-corrected chi connectivity index (χ2v) is 6.36. The smallest absolute Gasteiger partial charge is 0.330 e. The standard InChI is InChI=1S/C11H12BrF3N2OS/c1-6-16-10(11(13,14)15,4-9(18)17(6)2)8-3-7(12)5-19-8/h3,5-6,16H,4H2,1-2H3/t6?,10-/m0/s1. The van der Waals surface area contributed by atoms with E-state index in [0.29, 0.717) is 4.47 Å². The first-order valence-electron chi connectivity index (χ1n) is 5.52. The largest absolute Gasteiger partial charge is 0.412 e. The van der Waals surface area contributed by atoms with E-state index >= 15 is 0 Å². The first-order valence-corrected chi connectivity index (χ1v) is 7.19. The van der Waals surface area contributed by atoms with Crippen LogP contribution in [0.4, 0.5) is 13.2 Å². The normalized spacial score (nSPS) is 28.8. The molecular formula is C11H12BrF3N2OS. The summed E-state index contributed by atoms with van der Waals surface area (Å²) in [6, 6.07) is 1.41. The third kappa shape index (κ3) is 2.41. The van der Waals surface area contributed by atoms with Crippen molar-refractivity contribution in [1.29, 1.82) is 0 Å². The molecule has 0 radical (unpaired) electrons. The lowest BCUT2D eigenvalue weighted by Gasteiger charge is -2.45. The van der Waals surface area contributed by atoms with Crippen molar-refractivity contribution >= 4 is 33.2 Å². The summed E-state index contributed by atoms with van der Waals surface area (Å²) in [5, 5.41) is 4.13. The van der Waals surface area contributed by atoms with Crippen molar-refractivity contribution < 1.29 is 18.0 Å². The van der Waals surface area contributed by atoms with Crippen LogP contribution in [0.2, 0.25) is 0 Å². The van der Waals surface area contributed by atoms with Crippen LogP contribution in [0.5, 0.6) is 0 Å². The Kier molecular flexibility index (Phi) is 3.70. The molecule has 0 saturated carbocycles. The van der Waals surface area contributed by atoms with E-state index in [2.05, 4.69) is 21.2 Å². The van der Waals surface area contributed by atoms with Crippen molar-refractivity contribution in [3.05, 3.63) is 20.8 Å². The lowest BCUT2D eigenvalue weighted by Crippen LogP contribution is -2.66. The van der Waals surface area contributed by atoms with Gasteiger partial charge in [0.25, 0.3) is 0 Å². The van der Waals surface area contributed by atoms with Crippen molar-refractivity contribution in [2.24, 2.45) is 0 Å². The maximum Gasteiger partial charge on any atom is 0.412 e. The van der Waals surface area contributed by atoms with Gasteiger partial charge in [0.15, 0.2) is 5.54 Å². The van der Waals surface area contributed by atoms with Crippen LogP contribution in [-0.4, -0.2) is 30.2 Å². The van der Waals surface area contributed by atoms with Gasteiger partial charge in [-0.2, -0.15) is 13.2 Å². The number of amides is 1. The van der Waals surface area contributed by atoms with Crippen LogP contribution in [-0.2, 0) is 10.3 Å². The maximum absolute atomic E-state index is 13.5. The quantitative estimate of drug-likeness (QED) is 0.838. The molecule has 2 atom stereocenters. The Balaban J connectivity index is 2.51. The Morgan fingerprint density at radius 2 is 2.21 bits per heavy atom. The molecule has 2 heterocycles. The zero-order valence-corrected chi connectivity index (χ0v) is 12.6. The first-order chi connectivity index (χ1) is 8.67. The van der Waals surface area contributed by atoms with Gasteiger partial charge >= 0.3 is 6.18 Å². The highest BCUT2D eigenvalue weighted by Crippen LogP contribution is 2.46. The number of thiophene rings is 1. The Morgan fingerprint density at radius 1 is 1.58 bits per heavy atom. The fraction of sp³-hybridized carbons (Fsp3) is 0.545. The first kappa shape index (κ1) is 14.8. The van der Waals surface area contributed by atoms with Gasteiger partial charge in [-0.3, -0.25) is 10.1 Å². The van der Waals surface area contributed by atoms with Crippen LogP contribution in [0, 0.1) is 0 Å². The van der Waals surface area contributed by atoms with Crippen molar-refractivity contribution in [2.75, 3.05) is 7.05 Å². The van der Waals surface area contributed by atoms with E-state index in [-0.39, 0.29) is 4.88 Å².